The summed E-state index contributed by atoms with van der Waals surface area (Å²) in [5, 5.41) is 0. The summed E-state index contributed by atoms with van der Waals surface area (Å²) in [6.07, 6.45) is 0.911. The molecule has 0 N–H and O–H groups in total. The van der Waals surface area contributed by atoms with Crippen LogP contribution < -0.4 is 0 Å². The van der Waals surface area contributed by atoms with E-state index in [1.54, 1.807) is 21.3 Å². The van der Waals surface area contributed by atoms with Crippen LogP contribution in [0.2, 0.25) is 0 Å². The molecule has 2 saturated heterocycles. The van der Waals surface area contributed by atoms with Gasteiger partial charge in [0.2, 0.25) is 0 Å². The summed E-state index contributed by atoms with van der Waals surface area (Å²) in [7, 11) is -0.522. The Morgan fingerprint density at radius 1 is 0.800 bits per heavy atom. The smallest absolute Gasteiger partial charge is 0.375 e. The van der Waals surface area contributed by atoms with E-state index in [1.165, 1.54) is 0 Å². The molecule has 12 heteroatoms. The van der Waals surface area contributed by atoms with Gasteiger partial charge in [0.1, 0.15) is 24.2 Å². The van der Waals surface area contributed by atoms with Crippen LogP contribution in [0.4, 0.5) is 0 Å². The fraction of sp³-hybridized carbons (Fsp3) is 1.00. The van der Waals surface area contributed by atoms with Crippen LogP contribution in [0.5, 0.6) is 0 Å². The molecule has 10 nitrogen and oxygen atoms in total. The minimum absolute atomic E-state index is 0.174. The van der Waals surface area contributed by atoms with Crippen LogP contribution in [0, 0.1) is 0 Å². The van der Waals surface area contributed by atoms with Crippen LogP contribution in [-0.4, -0.2) is 109 Å². The molecule has 2 fully saturated rings. The second-order valence-electron chi connectivity index (χ2n) is 6.60. The Bertz CT molecular complexity index is 408. The monoisotopic (exact) mass is 472 g/mol. The van der Waals surface area contributed by atoms with E-state index in [0.29, 0.717) is 39.3 Å². The Morgan fingerprint density at radius 3 is 1.60 bits per heavy atom. The lowest BCUT2D eigenvalue weighted by atomic mass is 10.5. The number of rotatable bonds is 17. The lowest BCUT2D eigenvalue weighted by Gasteiger charge is -2.29. The molecular formula is C18H40O10Si2. The Labute approximate surface area is 183 Å². The zero-order chi connectivity index (χ0) is 22.5. The summed E-state index contributed by atoms with van der Waals surface area (Å²) in [6, 6.07) is 0. The van der Waals surface area contributed by atoms with E-state index in [0.717, 1.165) is 13.2 Å². The summed E-state index contributed by atoms with van der Waals surface area (Å²) in [5.74, 6) is 0. The van der Waals surface area contributed by atoms with E-state index in [9.17, 15) is 0 Å². The van der Waals surface area contributed by atoms with Gasteiger partial charge in [0.05, 0.1) is 26.4 Å². The summed E-state index contributed by atoms with van der Waals surface area (Å²) in [5.41, 5.74) is -0.174. The molecule has 0 amide bonds. The zero-order valence-corrected chi connectivity index (χ0v) is 21.5. The van der Waals surface area contributed by atoms with Crippen LogP contribution in [0.15, 0.2) is 0 Å². The predicted molar refractivity (Wildman–Crippen MR) is 113 cm³/mol. The molecular weight excluding hydrogens is 432 g/mol. The van der Waals surface area contributed by atoms with Crippen molar-refractivity contribution in [3.05, 3.63) is 0 Å². The minimum atomic E-state index is -2.64. The van der Waals surface area contributed by atoms with E-state index in [2.05, 4.69) is 0 Å². The second-order valence-corrected chi connectivity index (χ2v) is 12.4. The number of hydrogen-bond acceptors (Lipinski definition) is 10. The van der Waals surface area contributed by atoms with Crippen molar-refractivity contribution in [2.45, 2.75) is 45.6 Å². The van der Waals surface area contributed by atoms with Gasteiger partial charge in [-0.25, -0.2) is 0 Å². The Kier molecular flexibility index (Phi) is 14.0. The third kappa shape index (κ3) is 10.1. The van der Waals surface area contributed by atoms with E-state index < -0.39 is 17.6 Å². The maximum Gasteiger partial charge on any atom is 0.530 e. The van der Waals surface area contributed by atoms with Crippen molar-refractivity contribution < 1.29 is 45.5 Å². The Balaban J connectivity index is 0.000000303. The summed E-state index contributed by atoms with van der Waals surface area (Å²) >= 11 is 0. The fourth-order valence-electron chi connectivity index (χ4n) is 2.66. The molecule has 2 rings (SSSR count). The second kappa shape index (κ2) is 15.0. The molecule has 180 valence electrons. The number of ether oxygens (including phenoxy) is 4. The molecule has 0 aromatic carbocycles. The minimum Gasteiger partial charge on any atom is -0.375 e. The molecule has 2 aliphatic rings. The SMILES string of the molecule is CCO[Si](COCC1CO1)(OCC)OCC.CO[Si](OC)(OC)C(C)OCC1CO1. The first kappa shape index (κ1) is 28.1. The lowest BCUT2D eigenvalue weighted by molar-refractivity contribution is 0.0160. The first-order chi connectivity index (χ1) is 14.4. The van der Waals surface area contributed by atoms with E-state index in [1.807, 2.05) is 27.7 Å². The first-order valence-corrected chi connectivity index (χ1v) is 14.2. The van der Waals surface area contributed by atoms with Crippen molar-refractivity contribution >= 4 is 17.6 Å². The van der Waals surface area contributed by atoms with Crippen molar-refractivity contribution in [1.82, 2.24) is 0 Å². The molecule has 0 spiro atoms. The Morgan fingerprint density at radius 2 is 1.23 bits per heavy atom. The van der Waals surface area contributed by atoms with Gasteiger partial charge in [0.15, 0.2) is 0 Å². The maximum atomic E-state index is 5.64. The van der Waals surface area contributed by atoms with Crippen LogP contribution in [0.1, 0.15) is 27.7 Å². The van der Waals surface area contributed by atoms with Crippen LogP contribution in [-0.2, 0) is 45.5 Å². The van der Waals surface area contributed by atoms with Crippen molar-refractivity contribution in [3.63, 3.8) is 0 Å². The molecule has 0 aromatic rings. The number of epoxide rings is 2. The normalized spacial score (nSPS) is 21.7. The van der Waals surface area contributed by atoms with Crippen molar-refractivity contribution in [2.75, 3.05) is 73.8 Å². The number of hydrogen-bond donors (Lipinski definition) is 0. The van der Waals surface area contributed by atoms with E-state index in [-0.39, 0.29) is 17.9 Å². The first-order valence-electron chi connectivity index (χ1n) is 10.4. The molecule has 3 unspecified atom stereocenters. The van der Waals surface area contributed by atoms with Crippen molar-refractivity contribution in [2.24, 2.45) is 0 Å². The van der Waals surface area contributed by atoms with Gasteiger partial charge in [-0.05, 0) is 27.7 Å². The van der Waals surface area contributed by atoms with Gasteiger partial charge in [-0.15, -0.1) is 0 Å². The van der Waals surface area contributed by atoms with Crippen LogP contribution in [0.3, 0.4) is 0 Å². The van der Waals surface area contributed by atoms with Crippen molar-refractivity contribution in [3.8, 4) is 0 Å². The predicted octanol–water partition coefficient (Wildman–Crippen LogP) is 1.20. The molecule has 3 atom stereocenters. The highest BCUT2D eigenvalue weighted by Gasteiger charge is 2.46. The highest BCUT2D eigenvalue weighted by atomic mass is 28.4. The zero-order valence-electron chi connectivity index (χ0n) is 19.5. The van der Waals surface area contributed by atoms with Gasteiger partial charge < -0.3 is 45.5 Å². The van der Waals surface area contributed by atoms with Gasteiger partial charge >= 0.3 is 17.6 Å². The summed E-state index contributed by atoms with van der Waals surface area (Å²) < 4.78 is 54.0. The molecule has 2 aliphatic heterocycles. The van der Waals surface area contributed by atoms with Crippen LogP contribution >= 0.6 is 0 Å². The molecule has 0 aliphatic carbocycles. The molecule has 0 aromatic heterocycles. The average molecular weight is 473 g/mol. The van der Waals surface area contributed by atoms with Gasteiger partial charge in [0.25, 0.3) is 0 Å². The third-order valence-corrected chi connectivity index (χ3v) is 9.98. The summed E-state index contributed by atoms with van der Waals surface area (Å²) in [4.78, 5) is 0. The lowest BCUT2D eigenvalue weighted by Crippen LogP contribution is -2.54. The van der Waals surface area contributed by atoms with Gasteiger partial charge in [-0.2, -0.15) is 0 Å². The molecule has 30 heavy (non-hydrogen) atoms. The largest absolute Gasteiger partial charge is 0.530 e. The average Bonchev–Trinajstić information content (AvgIpc) is 3.64. The van der Waals surface area contributed by atoms with Gasteiger partial charge in [-0.3, -0.25) is 0 Å². The quantitative estimate of drug-likeness (QED) is 0.227. The molecule has 0 saturated carbocycles. The Hall–Kier alpha value is 0.0338. The topological polar surface area (TPSA) is 98.9 Å². The highest BCUT2D eigenvalue weighted by Crippen LogP contribution is 2.17. The van der Waals surface area contributed by atoms with Gasteiger partial charge in [-0.1, -0.05) is 0 Å². The molecule has 0 bridgehead atoms. The van der Waals surface area contributed by atoms with E-state index >= 15 is 0 Å². The molecule has 0 radical (unpaired) electrons. The summed E-state index contributed by atoms with van der Waals surface area (Å²) in [6.45, 7) is 12.2. The highest BCUT2D eigenvalue weighted by molar-refractivity contribution is 6.62. The van der Waals surface area contributed by atoms with Crippen molar-refractivity contribution in [1.29, 1.82) is 0 Å². The fourth-order valence-corrected chi connectivity index (χ4v) is 6.64. The van der Waals surface area contributed by atoms with Crippen LogP contribution in [0.25, 0.3) is 0 Å². The third-order valence-electron chi connectivity index (χ3n) is 4.36. The van der Waals surface area contributed by atoms with E-state index in [4.69, 9.17) is 45.5 Å². The standard InChI is InChI=1S/C10H22O5Si.C8H18O5Si/c1-4-13-16(14-5-2,15-6-3)9-11-7-10-8-12-10;1-7(12-5-8-6-13-8)14(9-2,10-3)11-4/h10H,4-9H2,1-3H3;7-8H,5-6H2,1-4H3. The van der Waals surface area contributed by atoms with Gasteiger partial charge in [0, 0.05) is 41.2 Å². The molecule has 2 heterocycles. The maximum absolute atomic E-state index is 5.64.